The molecule has 0 unspecified atom stereocenters. The SMILES string of the molecule is CCc1ccc2c(c1)C(=O)CCS2(=O)=O. The van der Waals surface area contributed by atoms with Crippen LogP contribution < -0.4 is 0 Å². The van der Waals surface area contributed by atoms with E-state index in [1.165, 1.54) is 0 Å². The van der Waals surface area contributed by atoms with Crippen LogP contribution in [0.4, 0.5) is 0 Å². The van der Waals surface area contributed by atoms with Gasteiger partial charge in [-0.15, -0.1) is 0 Å². The average Bonchev–Trinajstić information content (AvgIpc) is 2.23. The third kappa shape index (κ3) is 1.69. The number of carbonyl (C=O) groups excluding carboxylic acids is 1. The Morgan fingerprint density at radius 3 is 2.73 bits per heavy atom. The molecule has 1 aromatic carbocycles. The highest BCUT2D eigenvalue weighted by molar-refractivity contribution is 7.91. The zero-order valence-corrected chi connectivity index (χ0v) is 9.30. The third-order valence-corrected chi connectivity index (χ3v) is 4.45. The van der Waals surface area contributed by atoms with Gasteiger partial charge >= 0.3 is 0 Å². The minimum atomic E-state index is -3.22. The summed E-state index contributed by atoms with van der Waals surface area (Å²) in [5.74, 6) is -0.111. The molecule has 1 heterocycles. The van der Waals surface area contributed by atoms with E-state index < -0.39 is 9.84 Å². The summed E-state index contributed by atoms with van der Waals surface area (Å²) in [6, 6.07) is 5.03. The van der Waals surface area contributed by atoms with Gasteiger partial charge in [-0.05, 0) is 24.1 Å². The van der Waals surface area contributed by atoms with Crippen LogP contribution in [-0.4, -0.2) is 20.0 Å². The lowest BCUT2D eigenvalue weighted by atomic mass is 10.0. The lowest BCUT2D eigenvalue weighted by molar-refractivity contribution is 0.0983. The van der Waals surface area contributed by atoms with E-state index in [0.29, 0.717) is 5.56 Å². The first-order valence-corrected chi connectivity index (χ1v) is 6.58. The molecular weight excluding hydrogens is 212 g/mol. The van der Waals surface area contributed by atoms with E-state index >= 15 is 0 Å². The number of fused-ring (bicyclic) bond motifs is 1. The molecule has 1 aliphatic heterocycles. The molecule has 0 radical (unpaired) electrons. The van der Waals surface area contributed by atoms with Crippen LogP contribution in [-0.2, 0) is 16.3 Å². The summed E-state index contributed by atoms with van der Waals surface area (Å²) < 4.78 is 23.3. The summed E-state index contributed by atoms with van der Waals surface area (Å²) in [7, 11) is -3.22. The molecule has 0 bridgehead atoms. The van der Waals surface area contributed by atoms with Gasteiger partial charge in [-0.1, -0.05) is 13.0 Å². The van der Waals surface area contributed by atoms with Gasteiger partial charge in [0.25, 0.3) is 0 Å². The van der Waals surface area contributed by atoms with Crippen LogP contribution >= 0.6 is 0 Å². The van der Waals surface area contributed by atoms with E-state index in [-0.39, 0.29) is 22.9 Å². The van der Waals surface area contributed by atoms with Crippen LogP contribution in [0, 0.1) is 0 Å². The Kier molecular flexibility index (Phi) is 2.38. The number of carbonyl (C=O) groups is 1. The number of sulfone groups is 1. The molecular formula is C11H12O3S. The maximum absolute atomic E-state index is 11.7. The predicted molar refractivity (Wildman–Crippen MR) is 56.8 cm³/mol. The lowest BCUT2D eigenvalue weighted by Gasteiger charge is -2.15. The summed E-state index contributed by atoms with van der Waals surface area (Å²) >= 11 is 0. The molecule has 0 saturated carbocycles. The molecule has 0 atom stereocenters. The van der Waals surface area contributed by atoms with E-state index in [9.17, 15) is 13.2 Å². The topological polar surface area (TPSA) is 51.2 Å². The first-order valence-electron chi connectivity index (χ1n) is 4.93. The Hall–Kier alpha value is -1.16. The smallest absolute Gasteiger partial charge is 0.179 e. The molecule has 0 aromatic heterocycles. The highest BCUT2D eigenvalue weighted by atomic mass is 32.2. The molecule has 1 aliphatic rings. The summed E-state index contributed by atoms with van der Waals surface area (Å²) in [6.07, 6.45) is 0.920. The first kappa shape index (κ1) is 10.4. The van der Waals surface area contributed by atoms with Gasteiger partial charge in [0.05, 0.1) is 10.6 Å². The van der Waals surface area contributed by atoms with Gasteiger partial charge in [-0.2, -0.15) is 0 Å². The Bertz CT molecular complexity index is 515. The largest absolute Gasteiger partial charge is 0.294 e. The molecule has 1 aromatic rings. The van der Waals surface area contributed by atoms with Crippen molar-refractivity contribution in [3.05, 3.63) is 29.3 Å². The normalized spacial score (nSPS) is 18.6. The van der Waals surface area contributed by atoms with Crippen molar-refractivity contribution in [2.75, 3.05) is 5.75 Å². The van der Waals surface area contributed by atoms with Crippen LogP contribution in [0.15, 0.2) is 23.1 Å². The number of hydrogen-bond donors (Lipinski definition) is 0. The van der Waals surface area contributed by atoms with E-state index in [2.05, 4.69) is 0 Å². The number of rotatable bonds is 1. The Labute approximate surface area is 89.0 Å². The molecule has 0 spiro atoms. The Morgan fingerprint density at radius 2 is 2.07 bits per heavy atom. The van der Waals surface area contributed by atoms with Gasteiger partial charge in [0.15, 0.2) is 15.6 Å². The molecule has 4 heteroatoms. The maximum atomic E-state index is 11.7. The summed E-state index contributed by atoms with van der Waals surface area (Å²) in [4.78, 5) is 11.8. The van der Waals surface area contributed by atoms with Crippen molar-refractivity contribution in [2.45, 2.75) is 24.7 Å². The molecule has 0 amide bonds. The molecule has 2 rings (SSSR count). The molecule has 0 saturated heterocycles. The first-order chi connectivity index (χ1) is 7.04. The highest BCUT2D eigenvalue weighted by Gasteiger charge is 2.28. The van der Waals surface area contributed by atoms with E-state index in [0.717, 1.165) is 12.0 Å². The van der Waals surface area contributed by atoms with Gasteiger partial charge in [0.1, 0.15) is 0 Å². The fourth-order valence-electron chi connectivity index (χ4n) is 1.76. The van der Waals surface area contributed by atoms with E-state index in [4.69, 9.17) is 0 Å². The predicted octanol–water partition coefficient (Wildman–Crippen LogP) is 1.61. The van der Waals surface area contributed by atoms with Crippen molar-refractivity contribution in [3.8, 4) is 0 Å². The zero-order valence-electron chi connectivity index (χ0n) is 8.49. The minimum Gasteiger partial charge on any atom is -0.294 e. The van der Waals surface area contributed by atoms with Crippen LogP contribution in [0.1, 0.15) is 29.3 Å². The van der Waals surface area contributed by atoms with E-state index in [1.807, 2.05) is 6.92 Å². The zero-order chi connectivity index (χ0) is 11.1. The van der Waals surface area contributed by atoms with Crippen molar-refractivity contribution in [1.82, 2.24) is 0 Å². The second-order valence-corrected chi connectivity index (χ2v) is 5.75. The maximum Gasteiger partial charge on any atom is 0.179 e. The summed E-state index contributed by atoms with van der Waals surface area (Å²) in [5, 5.41) is 0. The van der Waals surface area contributed by atoms with Crippen LogP contribution in [0.5, 0.6) is 0 Å². The monoisotopic (exact) mass is 224 g/mol. The number of ketones is 1. The molecule has 80 valence electrons. The molecule has 3 nitrogen and oxygen atoms in total. The fraction of sp³-hybridized carbons (Fsp3) is 0.364. The minimum absolute atomic E-state index is 0.0513. The number of aryl methyl sites for hydroxylation is 1. The second-order valence-electron chi connectivity index (χ2n) is 3.68. The van der Waals surface area contributed by atoms with Gasteiger partial charge in [-0.25, -0.2) is 8.42 Å². The van der Waals surface area contributed by atoms with Crippen LogP contribution in [0.25, 0.3) is 0 Å². The highest BCUT2D eigenvalue weighted by Crippen LogP contribution is 2.25. The van der Waals surface area contributed by atoms with Crippen molar-refractivity contribution >= 4 is 15.6 Å². The van der Waals surface area contributed by atoms with Crippen molar-refractivity contribution in [3.63, 3.8) is 0 Å². The van der Waals surface area contributed by atoms with Crippen molar-refractivity contribution < 1.29 is 13.2 Å². The third-order valence-electron chi connectivity index (χ3n) is 2.69. The molecule has 0 fully saturated rings. The van der Waals surface area contributed by atoms with E-state index in [1.54, 1.807) is 18.2 Å². The number of benzene rings is 1. The lowest BCUT2D eigenvalue weighted by Crippen LogP contribution is -2.21. The molecule has 0 N–H and O–H groups in total. The summed E-state index contributed by atoms with van der Waals surface area (Å²) in [5.41, 5.74) is 1.37. The van der Waals surface area contributed by atoms with Gasteiger partial charge in [0.2, 0.25) is 0 Å². The number of Topliss-reactive ketones (excluding diaryl/α,β-unsaturated/α-hetero) is 1. The fourth-order valence-corrected chi connectivity index (χ4v) is 3.22. The Balaban J connectivity index is 2.68. The second kappa shape index (κ2) is 3.45. The quantitative estimate of drug-likeness (QED) is 0.728. The van der Waals surface area contributed by atoms with Gasteiger partial charge < -0.3 is 0 Å². The average molecular weight is 224 g/mol. The Morgan fingerprint density at radius 1 is 1.33 bits per heavy atom. The van der Waals surface area contributed by atoms with Gasteiger partial charge in [0, 0.05) is 12.0 Å². The van der Waals surface area contributed by atoms with Crippen molar-refractivity contribution in [2.24, 2.45) is 0 Å². The molecule has 15 heavy (non-hydrogen) atoms. The van der Waals surface area contributed by atoms with Crippen LogP contribution in [0.3, 0.4) is 0 Å². The number of hydrogen-bond acceptors (Lipinski definition) is 3. The van der Waals surface area contributed by atoms with Gasteiger partial charge in [-0.3, -0.25) is 4.79 Å². The van der Waals surface area contributed by atoms with Crippen molar-refractivity contribution in [1.29, 1.82) is 0 Å². The molecule has 0 aliphatic carbocycles. The standard InChI is InChI=1S/C11H12O3S/c1-2-8-3-4-11-9(7-8)10(12)5-6-15(11,13)14/h3-4,7H,2,5-6H2,1H3. The van der Waals surface area contributed by atoms with Crippen LogP contribution in [0.2, 0.25) is 0 Å². The summed E-state index contributed by atoms with van der Waals surface area (Å²) in [6.45, 7) is 1.98.